The summed E-state index contributed by atoms with van der Waals surface area (Å²) in [6.45, 7) is 5.80. The van der Waals surface area contributed by atoms with Crippen molar-refractivity contribution >= 4 is 33.7 Å². The highest BCUT2D eigenvalue weighted by molar-refractivity contribution is 5.93. The molecule has 6 aliphatic rings. The number of methoxy groups -OCH3 is 3. The van der Waals surface area contributed by atoms with Crippen molar-refractivity contribution in [3.8, 4) is 5.75 Å². The zero-order valence-electron chi connectivity index (χ0n) is 31.8. The maximum atomic E-state index is 14.3. The number of carbonyl (C=O) groups excluding carboxylic acids is 2. The van der Waals surface area contributed by atoms with Crippen LogP contribution >= 0.6 is 0 Å². The number of hydrogen-bond acceptors (Lipinski definition) is 9. The Labute approximate surface area is 315 Å². The minimum atomic E-state index is -1.20. The number of hydrogen-bond donors (Lipinski definition) is 5. The average Bonchev–Trinajstić information content (AvgIpc) is 3.72. The molecule has 0 amide bonds. The van der Waals surface area contributed by atoms with Gasteiger partial charge in [0.2, 0.25) is 0 Å². The third-order valence-corrected chi connectivity index (χ3v) is 14.4. The molecule has 11 nitrogen and oxygen atoms in total. The first-order valence-corrected chi connectivity index (χ1v) is 19.6. The highest BCUT2D eigenvalue weighted by Gasteiger charge is 2.64. The van der Waals surface area contributed by atoms with Crippen LogP contribution in [0.25, 0.3) is 21.8 Å². The van der Waals surface area contributed by atoms with E-state index in [1.54, 1.807) is 7.11 Å². The highest BCUT2D eigenvalue weighted by Crippen LogP contribution is 2.57. The first-order valence-electron chi connectivity index (χ1n) is 19.6. The second kappa shape index (κ2) is 13.0. The molecule has 5 N–H and O–H groups in total. The van der Waals surface area contributed by atoms with Crippen LogP contribution in [0.5, 0.6) is 5.75 Å². The smallest absolute Gasteiger partial charge is 0.319 e. The number of carbonyl (C=O) groups is 2. The van der Waals surface area contributed by atoms with Crippen molar-refractivity contribution < 1.29 is 34.0 Å². The summed E-state index contributed by atoms with van der Waals surface area (Å²) in [5.74, 6) is -0.304. The third-order valence-electron chi connectivity index (χ3n) is 14.4. The number of fused-ring (bicyclic) bond motifs is 9. The second-order valence-corrected chi connectivity index (χ2v) is 16.6. The van der Waals surface area contributed by atoms with E-state index in [1.807, 2.05) is 26.0 Å². The van der Waals surface area contributed by atoms with E-state index in [0.717, 1.165) is 81.4 Å². The Balaban J connectivity index is 1.29. The molecule has 1 saturated carbocycles. The van der Waals surface area contributed by atoms with E-state index in [-0.39, 0.29) is 48.3 Å². The maximum Gasteiger partial charge on any atom is 0.319 e. The van der Waals surface area contributed by atoms with Crippen molar-refractivity contribution in [1.82, 2.24) is 20.2 Å². The molecule has 0 spiro atoms. The Kier molecular flexibility index (Phi) is 8.53. The van der Waals surface area contributed by atoms with Gasteiger partial charge < -0.3 is 39.7 Å². The molecule has 4 fully saturated rings. The lowest BCUT2D eigenvalue weighted by molar-refractivity contribution is -0.166. The topological polar surface area (TPSA) is 149 Å². The molecular weight excluding hydrogens is 684 g/mol. The lowest BCUT2D eigenvalue weighted by Crippen LogP contribution is -2.68. The number of piperidine rings is 3. The van der Waals surface area contributed by atoms with Crippen LogP contribution in [0.4, 0.5) is 0 Å². The molecule has 10 rings (SSSR count). The van der Waals surface area contributed by atoms with E-state index in [0.29, 0.717) is 31.6 Å². The Morgan fingerprint density at radius 3 is 2.56 bits per heavy atom. The molecule has 54 heavy (non-hydrogen) atoms. The summed E-state index contributed by atoms with van der Waals surface area (Å²) in [7, 11) is 4.58. The standard InChI is InChI=1S/C43H52N4O7/c1-6-24-19-44-36-16-31-25-9-7-8-10-33(25)45-37(31)30(15-32(24)43(36,21-48)41(51)54-5)29-14-28-26-11-12-47-20-23-13-27(22(2)49)39(47)42(18-23,40(50)53-4)38(26)46-34(28)17-35(29)52-3/h6-10,14,17,22-23,27,30,32,36,39,44-46,48-49H,11-13,15-16,18-21H2,1-5H3/b24-6-/t22-,23+,27+,30-,32-,36-,39-,42+,43?/m0/s1. The molecule has 6 bridgehead atoms. The largest absolute Gasteiger partial charge is 0.496 e. The Bertz CT molecular complexity index is 2190. The number of aromatic amines is 2. The van der Waals surface area contributed by atoms with Crippen LogP contribution in [0.2, 0.25) is 0 Å². The molecule has 6 heterocycles. The number of para-hydroxylation sites is 1. The van der Waals surface area contributed by atoms with Gasteiger partial charge in [0.05, 0.1) is 34.0 Å². The number of H-pyrrole nitrogens is 2. The number of allylic oxidation sites excluding steroid dienone is 1. The minimum absolute atomic E-state index is 0.0503. The maximum absolute atomic E-state index is 14.3. The van der Waals surface area contributed by atoms with Gasteiger partial charge in [-0.25, -0.2) is 0 Å². The molecule has 0 radical (unpaired) electrons. The number of benzene rings is 2. The average molecular weight is 737 g/mol. The summed E-state index contributed by atoms with van der Waals surface area (Å²) >= 11 is 0. The number of nitrogens with one attached hydrogen (secondary N) is 3. The molecule has 286 valence electrons. The summed E-state index contributed by atoms with van der Waals surface area (Å²) in [5, 5.41) is 28.2. The van der Waals surface area contributed by atoms with Crippen molar-refractivity contribution in [3.05, 3.63) is 76.1 Å². The number of nitrogens with zero attached hydrogens (tertiary/aromatic N) is 1. The third kappa shape index (κ3) is 4.74. The zero-order valence-corrected chi connectivity index (χ0v) is 31.8. The van der Waals surface area contributed by atoms with Crippen molar-refractivity contribution in [3.63, 3.8) is 0 Å². The molecule has 2 aromatic heterocycles. The normalized spacial score (nSPS) is 34.1. The number of aromatic nitrogens is 2. The van der Waals surface area contributed by atoms with Crippen LogP contribution in [0.3, 0.4) is 0 Å². The van der Waals surface area contributed by atoms with Gasteiger partial charge in [-0.2, -0.15) is 0 Å². The zero-order chi connectivity index (χ0) is 37.7. The van der Waals surface area contributed by atoms with Crippen LogP contribution in [0.15, 0.2) is 48.0 Å². The summed E-state index contributed by atoms with van der Waals surface area (Å²) in [6, 6.07) is 12.1. The van der Waals surface area contributed by atoms with Crippen molar-refractivity contribution in [2.45, 2.75) is 75.5 Å². The first-order chi connectivity index (χ1) is 26.1. The molecule has 11 heteroatoms. The second-order valence-electron chi connectivity index (χ2n) is 16.6. The summed E-state index contributed by atoms with van der Waals surface area (Å²) in [5.41, 5.74) is 6.00. The van der Waals surface area contributed by atoms with E-state index < -0.39 is 22.9 Å². The minimum Gasteiger partial charge on any atom is -0.496 e. The van der Waals surface area contributed by atoms with Gasteiger partial charge in [0.25, 0.3) is 0 Å². The molecule has 10 atom stereocenters. The van der Waals surface area contributed by atoms with Crippen LogP contribution in [-0.4, -0.2) is 103 Å². The van der Waals surface area contributed by atoms with Gasteiger partial charge in [0, 0.05) is 94.3 Å². The fourth-order valence-corrected chi connectivity index (χ4v) is 12.2. The molecule has 3 saturated heterocycles. The van der Waals surface area contributed by atoms with Gasteiger partial charge in [0.1, 0.15) is 16.6 Å². The quantitative estimate of drug-likeness (QED) is 0.143. The number of aliphatic hydroxyl groups is 2. The number of esters is 2. The van der Waals surface area contributed by atoms with Gasteiger partial charge in [0.15, 0.2) is 0 Å². The number of ether oxygens (including phenoxy) is 3. The predicted molar refractivity (Wildman–Crippen MR) is 205 cm³/mol. The molecule has 4 aliphatic heterocycles. The van der Waals surface area contributed by atoms with Crippen LogP contribution in [0.1, 0.15) is 67.1 Å². The van der Waals surface area contributed by atoms with Crippen molar-refractivity contribution in [2.75, 3.05) is 47.6 Å². The lowest BCUT2D eigenvalue weighted by Gasteiger charge is -2.58. The Morgan fingerprint density at radius 1 is 1.04 bits per heavy atom. The van der Waals surface area contributed by atoms with Gasteiger partial charge in [-0.05, 0) is 75.1 Å². The number of aliphatic hydroxyl groups excluding tert-OH is 2. The summed E-state index contributed by atoms with van der Waals surface area (Å²) in [6.07, 6.45) is 4.88. The van der Waals surface area contributed by atoms with Crippen LogP contribution in [-0.2, 0) is 37.3 Å². The van der Waals surface area contributed by atoms with Gasteiger partial charge in [-0.1, -0.05) is 29.8 Å². The fourth-order valence-electron chi connectivity index (χ4n) is 12.2. The predicted octanol–water partition coefficient (Wildman–Crippen LogP) is 4.48. The first kappa shape index (κ1) is 35.5. The molecular formula is C43H52N4O7. The number of rotatable bonds is 6. The van der Waals surface area contributed by atoms with Gasteiger partial charge in [-0.15, -0.1) is 0 Å². The van der Waals surface area contributed by atoms with E-state index >= 15 is 0 Å². The lowest BCUT2D eigenvalue weighted by atomic mass is 9.56. The van der Waals surface area contributed by atoms with Crippen molar-refractivity contribution in [1.29, 1.82) is 0 Å². The van der Waals surface area contributed by atoms with Gasteiger partial charge >= 0.3 is 11.9 Å². The molecule has 2 aromatic carbocycles. The van der Waals surface area contributed by atoms with Crippen LogP contribution in [0, 0.1) is 23.2 Å². The van der Waals surface area contributed by atoms with E-state index in [2.05, 4.69) is 50.5 Å². The van der Waals surface area contributed by atoms with Crippen molar-refractivity contribution in [2.24, 2.45) is 23.2 Å². The monoisotopic (exact) mass is 736 g/mol. The summed E-state index contributed by atoms with van der Waals surface area (Å²) in [4.78, 5) is 38.3. The van der Waals surface area contributed by atoms with E-state index in [4.69, 9.17) is 14.2 Å². The Morgan fingerprint density at radius 2 is 1.83 bits per heavy atom. The fraction of sp³-hybridized carbons (Fsp3) is 0.535. The Hall–Kier alpha value is -4.16. The molecule has 2 unspecified atom stereocenters. The van der Waals surface area contributed by atoms with Crippen LogP contribution < -0.4 is 10.1 Å². The molecule has 4 aromatic rings. The van der Waals surface area contributed by atoms with E-state index in [9.17, 15) is 19.8 Å². The van der Waals surface area contributed by atoms with E-state index in [1.165, 1.54) is 14.2 Å². The van der Waals surface area contributed by atoms with Gasteiger partial charge in [-0.3, -0.25) is 14.5 Å². The molecule has 2 aliphatic carbocycles. The SMILES string of the molecule is C/C=C1/CN[C@H]2Cc3c([nH]c4ccccc34)[C@H](c3cc4c5c([nH]c4cc3OC)[C@]3(C(=O)OC)C[C@H]4C[C@H]([C@H](C)O)[C@@H]3N(CC5)C4)C[C@@H]1C2(CO)C(=O)OC. The highest BCUT2D eigenvalue weighted by atomic mass is 16.5. The summed E-state index contributed by atoms with van der Waals surface area (Å²) < 4.78 is 17.5.